The molecule has 0 aliphatic heterocycles. The third kappa shape index (κ3) is 4.26. The zero-order chi connectivity index (χ0) is 16.1. The summed E-state index contributed by atoms with van der Waals surface area (Å²) in [4.78, 5) is 11.6. The van der Waals surface area contributed by atoms with Gasteiger partial charge in [-0.25, -0.2) is 17.9 Å². The van der Waals surface area contributed by atoms with Crippen molar-refractivity contribution in [2.45, 2.75) is 37.1 Å². The predicted molar refractivity (Wildman–Crippen MR) is 80.5 cm³/mol. The number of benzene rings is 1. The highest BCUT2D eigenvalue weighted by Gasteiger charge is 2.27. The van der Waals surface area contributed by atoms with Crippen molar-refractivity contribution in [1.82, 2.24) is 4.72 Å². The van der Waals surface area contributed by atoms with Gasteiger partial charge in [0.1, 0.15) is 0 Å². The zero-order valence-corrected chi connectivity index (χ0v) is 13.4. The van der Waals surface area contributed by atoms with Gasteiger partial charge in [-0.3, -0.25) is 0 Å². The summed E-state index contributed by atoms with van der Waals surface area (Å²) in [6, 6.07) is 5.91. The molecule has 0 aromatic heterocycles. The molecule has 0 radical (unpaired) electrons. The molecule has 1 aromatic rings. The number of hydrogen-bond acceptors (Lipinski definition) is 5. The standard InChI is InChI=1S/C14H22N2O4S/c1-4-14(15,5-2)10-16-21(18,19)12-9-7-6-8-11(12)13(17)20-3/h6-9,16H,4-5,10,15H2,1-3H3. The van der Waals surface area contributed by atoms with Crippen molar-refractivity contribution < 1.29 is 17.9 Å². The van der Waals surface area contributed by atoms with Gasteiger partial charge in [-0.15, -0.1) is 0 Å². The lowest BCUT2D eigenvalue weighted by Crippen LogP contribution is -2.49. The van der Waals surface area contributed by atoms with Crippen molar-refractivity contribution >= 4 is 16.0 Å². The maximum atomic E-state index is 12.4. The van der Waals surface area contributed by atoms with Crippen molar-refractivity contribution in [3.05, 3.63) is 29.8 Å². The Hall–Kier alpha value is -1.44. The molecule has 0 unspecified atom stereocenters. The molecule has 0 spiro atoms. The lowest BCUT2D eigenvalue weighted by molar-refractivity contribution is 0.0596. The predicted octanol–water partition coefficient (Wildman–Crippen LogP) is 1.27. The fourth-order valence-electron chi connectivity index (χ4n) is 1.80. The molecule has 0 aliphatic rings. The number of nitrogens with one attached hydrogen (secondary N) is 1. The maximum Gasteiger partial charge on any atom is 0.339 e. The van der Waals surface area contributed by atoms with Gasteiger partial charge in [-0.1, -0.05) is 26.0 Å². The molecule has 0 heterocycles. The Balaban J connectivity index is 3.07. The van der Waals surface area contributed by atoms with Crippen LogP contribution in [0.25, 0.3) is 0 Å². The number of methoxy groups -OCH3 is 1. The Morgan fingerprint density at radius 1 is 1.29 bits per heavy atom. The summed E-state index contributed by atoms with van der Waals surface area (Å²) < 4.78 is 31.8. The minimum Gasteiger partial charge on any atom is -0.465 e. The molecule has 0 bridgehead atoms. The number of ether oxygens (including phenoxy) is 1. The van der Waals surface area contributed by atoms with Gasteiger partial charge in [0.2, 0.25) is 10.0 Å². The van der Waals surface area contributed by atoms with Crippen LogP contribution in [0, 0.1) is 0 Å². The van der Waals surface area contributed by atoms with E-state index in [0.717, 1.165) is 0 Å². The highest BCUT2D eigenvalue weighted by atomic mass is 32.2. The molecule has 0 fully saturated rings. The highest BCUT2D eigenvalue weighted by molar-refractivity contribution is 7.89. The Bertz CT molecular complexity index is 595. The molecule has 3 N–H and O–H groups in total. The normalized spacial score (nSPS) is 12.2. The summed E-state index contributed by atoms with van der Waals surface area (Å²) >= 11 is 0. The van der Waals surface area contributed by atoms with Crippen LogP contribution in [-0.2, 0) is 14.8 Å². The van der Waals surface area contributed by atoms with Crippen LogP contribution in [0.1, 0.15) is 37.0 Å². The van der Waals surface area contributed by atoms with E-state index in [1.807, 2.05) is 13.8 Å². The molecule has 0 aliphatic carbocycles. The van der Waals surface area contributed by atoms with Crippen LogP contribution < -0.4 is 10.5 Å². The quantitative estimate of drug-likeness (QED) is 0.738. The lowest BCUT2D eigenvalue weighted by Gasteiger charge is -2.26. The average Bonchev–Trinajstić information content (AvgIpc) is 2.52. The number of carbonyl (C=O) groups excluding carboxylic acids is 1. The molecule has 0 atom stereocenters. The largest absolute Gasteiger partial charge is 0.465 e. The third-order valence-corrected chi connectivity index (χ3v) is 5.06. The van der Waals surface area contributed by atoms with Gasteiger partial charge in [0, 0.05) is 12.1 Å². The van der Waals surface area contributed by atoms with E-state index in [-0.39, 0.29) is 17.0 Å². The van der Waals surface area contributed by atoms with Gasteiger partial charge in [0.25, 0.3) is 0 Å². The van der Waals surface area contributed by atoms with Crippen LogP contribution in [0.15, 0.2) is 29.2 Å². The van der Waals surface area contributed by atoms with Crippen molar-refractivity contribution in [2.24, 2.45) is 5.73 Å². The summed E-state index contributed by atoms with van der Waals surface area (Å²) in [6.45, 7) is 3.91. The minimum atomic E-state index is -3.83. The maximum absolute atomic E-state index is 12.4. The summed E-state index contributed by atoms with van der Waals surface area (Å²) in [5.74, 6) is -0.694. The first-order valence-corrected chi connectivity index (χ1v) is 8.24. The van der Waals surface area contributed by atoms with Gasteiger partial charge in [-0.05, 0) is 25.0 Å². The molecular formula is C14H22N2O4S. The number of carbonyl (C=O) groups is 1. The smallest absolute Gasteiger partial charge is 0.339 e. The van der Waals surface area contributed by atoms with Gasteiger partial charge in [0.05, 0.1) is 17.6 Å². The second-order valence-electron chi connectivity index (χ2n) is 4.88. The van der Waals surface area contributed by atoms with Crippen molar-refractivity contribution in [3.63, 3.8) is 0 Å². The van der Waals surface area contributed by atoms with Gasteiger partial charge < -0.3 is 10.5 Å². The van der Waals surface area contributed by atoms with E-state index >= 15 is 0 Å². The molecule has 6 nitrogen and oxygen atoms in total. The number of sulfonamides is 1. The van der Waals surface area contributed by atoms with Crippen LogP contribution in [-0.4, -0.2) is 33.6 Å². The topological polar surface area (TPSA) is 98.5 Å². The second-order valence-corrected chi connectivity index (χ2v) is 6.62. The van der Waals surface area contributed by atoms with Crippen LogP contribution in [0.2, 0.25) is 0 Å². The Kier molecular flexibility index (Phi) is 5.88. The van der Waals surface area contributed by atoms with E-state index in [1.165, 1.54) is 19.2 Å². The molecule has 1 rings (SSSR count). The van der Waals surface area contributed by atoms with Crippen LogP contribution >= 0.6 is 0 Å². The molecule has 7 heteroatoms. The molecular weight excluding hydrogens is 292 g/mol. The van der Waals surface area contributed by atoms with E-state index in [1.54, 1.807) is 12.1 Å². The third-order valence-electron chi connectivity index (χ3n) is 3.60. The Morgan fingerprint density at radius 3 is 2.38 bits per heavy atom. The summed E-state index contributed by atoms with van der Waals surface area (Å²) in [5.41, 5.74) is 5.49. The molecule has 21 heavy (non-hydrogen) atoms. The van der Waals surface area contributed by atoms with Crippen molar-refractivity contribution in [3.8, 4) is 0 Å². The van der Waals surface area contributed by atoms with Crippen molar-refractivity contribution in [2.75, 3.05) is 13.7 Å². The fraction of sp³-hybridized carbons (Fsp3) is 0.500. The first kappa shape index (κ1) is 17.6. The Morgan fingerprint density at radius 2 is 1.86 bits per heavy atom. The van der Waals surface area contributed by atoms with Crippen molar-refractivity contribution in [1.29, 1.82) is 0 Å². The molecule has 0 saturated heterocycles. The monoisotopic (exact) mass is 314 g/mol. The Labute approximate surface area is 125 Å². The first-order chi connectivity index (χ1) is 9.79. The van der Waals surface area contributed by atoms with E-state index < -0.39 is 21.5 Å². The van der Waals surface area contributed by atoms with Crippen LogP contribution in [0.5, 0.6) is 0 Å². The summed E-state index contributed by atoms with van der Waals surface area (Å²) in [5, 5.41) is 0. The molecule has 118 valence electrons. The van der Waals surface area contributed by atoms with E-state index in [9.17, 15) is 13.2 Å². The average molecular weight is 314 g/mol. The van der Waals surface area contributed by atoms with E-state index in [0.29, 0.717) is 12.8 Å². The van der Waals surface area contributed by atoms with E-state index in [2.05, 4.69) is 9.46 Å². The molecule has 0 amide bonds. The SMILES string of the molecule is CCC(N)(CC)CNS(=O)(=O)c1ccccc1C(=O)OC. The number of hydrogen-bond donors (Lipinski definition) is 2. The summed E-state index contributed by atoms with van der Waals surface area (Å²) in [6.07, 6.45) is 1.29. The minimum absolute atomic E-state index is 0.00289. The van der Waals surface area contributed by atoms with E-state index in [4.69, 9.17) is 5.73 Å². The first-order valence-electron chi connectivity index (χ1n) is 6.75. The number of rotatable bonds is 7. The fourth-order valence-corrected chi connectivity index (χ4v) is 3.13. The van der Waals surface area contributed by atoms with Gasteiger partial charge in [-0.2, -0.15) is 0 Å². The zero-order valence-electron chi connectivity index (χ0n) is 12.5. The number of nitrogens with two attached hydrogens (primary N) is 1. The molecule has 1 aromatic carbocycles. The van der Waals surface area contributed by atoms with Gasteiger partial charge in [0.15, 0.2) is 0 Å². The lowest BCUT2D eigenvalue weighted by atomic mass is 9.95. The van der Waals surface area contributed by atoms with Crippen LogP contribution in [0.4, 0.5) is 0 Å². The van der Waals surface area contributed by atoms with Gasteiger partial charge >= 0.3 is 5.97 Å². The molecule has 0 saturated carbocycles. The highest BCUT2D eigenvalue weighted by Crippen LogP contribution is 2.17. The summed E-state index contributed by atoms with van der Waals surface area (Å²) in [7, 11) is -2.62. The second kappa shape index (κ2) is 7.02. The number of esters is 1. The van der Waals surface area contributed by atoms with Crippen LogP contribution in [0.3, 0.4) is 0 Å².